The SMILES string of the molecule is N=c1cc2c(nn1CCCCCCCCCCC(=O)NCCNOOSc1cccc3c(Cl)cccc13)-c1ccccc1CC2. The Labute approximate surface area is 274 Å². The summed E-state index contributed by atoms with van der Waals surface area (Å²) in [6.07, 6.45) is 11.4. The topological polar surface area (TPSA) is 101 Å². The van der Waals surface area contributed by atoms with Gasteiger partial charge < -0.3 is 5.32 Å². The zero-order valence-electron chi connectivity index (χ0n) is 25.7. The van der Waals surface area contributed by atoms with Gasteiger partial charge in [0.15, 0.2) is 0 Å². The van der Waals surface area contributed by atoms with Crippen LogP contribution in [0.25, 0.3) is 22.0 Å². The Hall–Kier alpha value is -3.21. The highest BCUT2D eigenvalue weighted by Crippen LogP contribution is 2.32. The van der Waals surface area contributed by atoms with Gasteiger partial charge in [0.05, 0.1) is 17.7 Å². The van der Waals surface area contributed by atoms with E-state index in [1.54, 1.807) is 0 Å². The van der Waals surface area contributed by atoms with Gasteiger partial charge in [-0.15, -0.1) is 9.32 Å². The van der Waals surface area contributed by atoms with E-state index in [9.17, 15) is 4.79 Å². The number of nitrogens with zero attached hydrogens (tertiary/aromatic N) is 2. The quantitative estimate of drug-likeness (QED) is 0.0442. The predicted octanol–water partition coefficient (Wildman–Crippen LogP) is 7.72. The van der Waals surface area contributed by atoms with Gasteiger partial charge in [-0.2, -0.15) is 10.6 Å². The number of benzene rings is 3. The summed E-state index contributed by atoms with van der Waals surface area (Å²) in [4.78, 5) is 18.0. The van der Waals surface area contributed by atoms with Crippen LogP contribution in [-0.4, -0.2) is 28.8 Å². The van der Waals surface area contributed by atoms with Crippen molar-refractivity contribution in [3.8, 4) is 11.3 Å². The molecular formula is C35H42ClN5O3S. The highest BCUT2D eigenvalue weighted by molar-refractivity contribution is 7.94. The van der Waals surface area contributed by atoms with E-state index in [2.05, 4.69) is 35.1 Å². The monoisotopic (exact) mass is 647 g/mol. The molecule has 1 aliphatic carbocycles. The first-order chi connectivity index (χ1) is 22.1. The summed E-state index contributed by atoms with van der Waals surface area (Å²) < 4.78 is 7.07. The van der Waals surface area contributed by atoms with Crippen molar-refractivity contribution in [2.24, 2.45) is 0 Å². The van der Waals surface area contributed by atoms with E-state index in [0.717, 1.165) is 84.9 Å². The second kappa shape index (κ2) is 17.5. The van der Waals surface area contributed by atoms with Gasteiger partial charge in [0.25, 0.3) is 0 Å². The van der Waals surface area contributed by atoms with Crippen molar-refractivity contribution in [1.29, 1.82) is 5.41 Å². The number of aromatic nitrogens is 2. The minimum absolute atomic E-state index is 0.0604. The van der Waals surface area contributed by atoms with Gasteiger partial charge in [-0.05, 0) is 60.4 Å². The summed E-state index contributed by atoms with van der Waals surface area (Å²) in [5.74, 6) is 0.0604. The Morgan fingerprint density at radius 3 is 2.47 bits per heavy atom. The molecule has 0 bridgehead atoms. The Morgan fingerprint density at radius 1 is 0.867 bits per heavy atom. The fourth-order valence-electron chi connectivity index (χ4n) is 5.76. The lowest BCUT2D eigenvalue weighted by Gasteiger charge is -2.20. The number of carbonyl (C=O) groups is 1. The summed E-state index contributed by atoms with van der Waals surface area (Å²) in [5.41, 5.74) is 8.03. The first-order valence-corrected chi connectivity index (χ1v) is 17.1. The van der Waals surface area contributed by atoms with Crippen LogP contribution in [0, 0.1) is 5.41 Å². The van der Waals surface area contributed by atoms with E-state index in [0.29, 0.717) is 30.0 Å². The summed E-state index contributed by atoms with van der Waals surface area (Å²) in [7, 11) is 0. The molecule has 0 atom stereocenters. The van der Waals surface area contributed by atoms with Crippen LogP contribution >= 0.6 is 23.6 Å². The lowest BCUT2D eigenvalue weighted by Crippen LogP contribution is -2.31. The number of hydrogen-bond donors (Lipinski definition) is 3. The average molecular weight is 648 g/mol. The fraction of sp³-hybridized carbons (Fsp3) is 0.400. The molecule has 1 heterocycles. The van der Waals surface area contributed by atoms with Crippen LogP contribution in [0.1, 0.15) is 68.9 Å². The van der Waals surface area contributed by atoms with E-state index in [1.807, 2.05) is 47.1 Å². The zero-order chi connectivity index (χ0) is 31.3. The molecule has 4 aromatic rings. The van der Waals surface area contributed by atoms with Crippen molar-refractivity contribution in [3.63, 3.8) is 0 Å². The first kappa shape index (κ1) is 33.2. The van der Waals surface area contributed by atoms with Gasteiger partial charge >= 0.3 is 0 Å². The molecule has 5 rings (SSSR count). The molecule has 10 heteroatoms. The van der Waals surface area contributed by atoms with Crippen LogP contribution in [0.5, 0.6) is 0 Å². The summed E-state index contributed by atoms with van der Waals surface area (Å²) >= 11 is 7.36. The number of halogens is 1. The largest absolute Gasteiger partial charge is 0.355 e. The Kier molecular flexibility index (Phi) is 12.9. The summed E-state index contributed by atoms with van der Waals surface area (Å²) in [6, 6.07) is 22.1. The zero-order valence-corrected chi connectivity index (χ0v) is 27.2. The van der Waals surface area contributed by atoms with E-state index in [1.165, 1.54) is 36.0 Å². The lowest BCUT2D eigenvalue weighted by molar-refractivity contribution is -0.244. The van der Waals surface area contributed by atoms with Crippen LogP contribution < -0.4 is 16.3 Å². The van der Waals surface area contributed by atoms with Crippen molar-refractivity contribution < 1.29 is 14.1 Å². The second-order valence-corrected chi connectivity index (χ2v) is 12.6. The Morgan fingerprint density at radius 2 is 1.60 bits per heavy atom. The highest BCUT2D eigenvalue weighted by atomic mass is 35.5. The number of aryl methyl sites for hydroxylation is 3. The number of rotatable bonds is 18. The number of carbonyl (C=O) groups excluding carboxylic acids is 1. The van der Waals surface area contributed by atoms with E-state index < -0.39 is 0 Å². The molecule has 0 unspecified atom stereocenters. The fourth-order valence-corrected chi connectivity index (χ4v) is 6.55. The van der Waals surface area contributed by atoms with Crippen molar-refractivity contribution >= 4 is 40.3 Å². The maximum absolute atomic E-state index is 12.1. The molecule has 0 saturated heterocycles. The van der Waals surface area contributed by atoms with Crippen LogP contribution in [0.4, 0.5) is 0 Å². The van der Waals surface area contributed by atoms with Crippen molar-refractivity contribution in [2.45, 2.75) is 82.1 Å². The third kappa shape index (κ3) is 9.64. The third-order valence-electron chi connectivity index (χ3n) is 8.17. The van der Waals surface area contributed by atoms with Gasteiger partial charge in [0, 0.05) is 46.9 Å². The number of nitrogens with one attached hydrogen (secondary N) is 3. The number of hydrogen-bond acceptors (Lipinski definition) is 7. The molecule has 3 N–H and O–H groups in total. The highest BCUT2D eigenvalue weighted by Gasteiger charge is 2.18. The minimum atomic E-state index is 0.0604. The van der Waals surface area contributed by atoms with Crippen LogP contribution in [-0.2, 0) is 33.5 Å². The van der Waals surface area contributed by atoms with Gasteiger partial charge in [0.1, 0.15) is 5.49 Å². The van der Waals surface area contributed by atoms with Crippen LogP contribution in [0.2, 0.25) is 5.02 Å². The first-order valence-electron chi connectivity index (χ1n) is 16.0. The number of hydroxylamine groups is 1. The van der Waals surface area contributed by atoms with Gasteiger partial charge in [-0.1, -0.05) is 98.7 Å². The molecule has 0 spiro atoms. The van der Waals surface area contributed by atoms with E-state index >= 15 is 0 Å². The predicted molar refractivity (Wildman–Crippen MR) is 180 cm³/mol. The maximum atomic E-state index is 12.1. The Balaban J connectivity index is 0.846. The second-order valence-electron chi connectivity index (χ2n) is 11.4. The van der Waals surface area contributed by atoms with Crippen molar-refractivity contribution in [2.75, 3.05) is 13.1 Å². The molecule has 1 aromatic heterocycles. The molecule has 0 radical (unpaired) electrons. The average Bonchev–Trinajstić information content (AvgIpc) is 3.05. The Bertz CT molecular complexity index is 1630. The molecule has 8 nitrogen and oxygen atoms in total. The summed E-state index contributed by atoms with van der Waals surface area (Å²) in [5, 5.41) is 18.8. The summed E-state index contributed by atoms with van der Waals surface area (Å²) in [6.45, 7) is 1.69. The molecule has 238 valence electrons. The standard InChI is InChI=1S/C35H42ClN5O3S/c36-31-17-11-16-30-29(31)15-12-18-32(30)45-44-43-39-23-22-38-34(42)19-7-5-3-1-2-4-6-10-24-41-33(37)25-27-21-20-26-13-8-9-14-28(26)35(27)40-41/h8-9,11-18,25,37,39H,1-7,10,19-24H2,(H,38,42). The van der Waals surface area contributed by atoms with E-state index in [4.69, 9.17) is 31.4 Å². The number of fused-ring (bicyclic) bond motifs is 4. The molecule has 0 fully saturated rings. The molecule has 45 heavy (non-hydrogen) atoms. The van der Waals surface area contributed by atoms with Crippen LogP contribution in [0.15, 0.2) is 71.6 Å². The minimum Gasteiger partial charge on any atom is -0.355 e. The normalized spacial score (nSPS) is 12.2. The van der Waals surface area contributed by atoms with Crippen molar-refractivity contribution in [3.05, 3.63) is 88.4 Å². The molecule has 1 amide bonds. The molecular weight excluding hydrogens is 606 g/mol. The maximum Gasteiger partial charge on any atom is 0.220 e. The van der Waals surface area contributed by atoms with E-state index in [-0.39, 0.29) is 5.91 Å². The van der Waals surface area contributed by atoms with Crippen molar-refractivity contribution in [1.82, 2.24) is 20.6 Å². The molecule has 3 aromatic carbocycles. The molecule has 0 saturated carbocycles. The smallest absolute Gasteiger partial charge is 0.220 e. The third-order valence-corrected chi connectivity index (χ3v) is 9.17. The molecule has 1 aliphatic rings. The number of unbranched alkanes of at least 4 members (excludes halogenated alkanes) is 7. The lowest BCUT2D eigenvalue weighted by atomic mass is 9.89. The van der Waals surface area contributed by atoms with Crippen LogP contribution in [0.3, 0.4) is 0 Å². The number of amides is 1. The van der Waals surface area contributed by atoms with Gasteiger partial charge in [0.2, 0.25) is 5.91 Å². The van der Waals surface area contributed by atoms with Gasteiger partial charge in [-0.25, -0.2) is 4.68 Å². The molecule has 0 aliphatic heterocycles. The van der Waals surface area contributed by atoms with Gasteiger partial charge in [-0.3, -0.25) is 10.2 Å².